The highest BCUT2D eigenvalue weighted by molar-refractivity contribution is 5.99. The van der Waals surface area contributed by atoms with Crippen molar-refractivity contribution in [3.63, 3.8) is 0 Å². The molecule has 2 N–H and O–H groups in total. The number of hydrogen-bond donors (Lipinski definition) is 2. The fourth-order valence-corrected chi connectivity index (χ4v) is 2.18. The number of aromatic nitrogens is 1. The minimum atomic E-state index is -0.111. The number of carbonyl (C=O) groups is 1. The third-order valence-electron chi connectivity index (χ3n) is 3.19. The lowest BCUT2D eigenvalue weighted by Crippen LogP contribution is -2.24. The first-order chi connectivity index (χ1) is 10.1. The van der Waals surface area contributed by atoms with Crippen LogP contribution in [0.1, 0.15) is 34.1 Å². The van der Waals surface area contributed by atoms with Gasteiger partial charge in [-0.1, -0.05) is 29.8 Å². The molecule has 4 heteroatoms. The molecule has 21 heavy (non-hydrogen) atoms. The highest BCUT2D eigenvalue weighted by Crippen LogP contribution is 2.15. The molecular formula is C17H21N3O. The van der Waals surface area contributed by atoms with Crippen LogP contribution in [-0.4, -0.2) is 17.4 Å². The second kappa shape index (κ2) is 6.88. The molecule has 0 radical (unpaired) electrons. The average molecular weight is 283 g/mol. The second-order valence-electron chi connectivity index (χ2n) is 5.07. The molecule has 0 fully saturated rings. The molecule has 0 spiro atoms. The van der Waals surface area contributed by atoms with Crippen molar-refractivity contribution in [2.24, 2.45) is 0 Å². The summed E-state index contributed by atoms with van der Waals surface area (Å²) in [4.78, 5) is 16.5. The Bertz CT molecular complexity index is 638. The number of anilines is 1. The molecule has 0 aliphatic heterocycles. The van der Waals surface area contributed by atoms with Crippen LogP contribution in [0.5, 0.6) is 0 Å². The van der Waals surface area contributed by atoms with Crippen molar-refractivity contribution in [1.29, 1.82) is 0 Å². The van der Waals surface area contributed by atoms with Crippen molar-refractivity contribution >= 4 is 11.6 Å². The molecule has 110 valence electrons. The number of hydrogen-bond acceptors (Lipinski definition) is 3. The van der Waals surface area contributed by atoms with Gasteiger partial charge in [-0.25, -0.2) is 0 Å². The Kier molecular flexibility index (Phi) is 4.93. The van der Waals surface area contributed by atoms with Crippen LogP contribution >= 0.6 is 0 Å². The first-order valence-electron chi connectivity index (χ1n) is 7.14. The average Bonchev–Trinajstić information content (AvgIpc) is 2.45. The zero-order valence-corrected chi connectivity index (χ0v) is 12.7. The normalized spacial score (nSPS) is 10.2. The zero-order chi connectivity index (χ0) is 15.2. The Labute approximate surface area is 125 Å². The van der Waals surface area contributed by atoms with Gasteiger partial charge in [-0.15, -0.1) is 0 Å². The molecule has 1 heterocycles. The maximum atomic E-state index is 12.3. The van der Waals surface area contributed by atoms with Gasteiger partial charge in [0.05, 0.1) is 11.3 Å². The third-order valence-corrected chi connectivity index (χ3v) is 3.19. The number of rotatable bonds is 5. The van der Waals surface area contributed by atoms with Crippen LogP contribution in [0.4, 0.5) is 5.69 Å². The molecule has 2 aromatic rings. The summed E-state index contributed by atoms with van der Waals surface area (Å²) in [6, 6.07) is 10.0. The molecule has 0 atom stereocenters. The summed E-state index contributed by atoms with van der Waals surface area (Å²) in [7, 11) is 0. The van der Waals surface area contributed by atoms with E-state index < -0.39 is 0 Å². The molecule has 1 aromatic carbocycles. The van der Waals surface area contributed by atoms with Crippen LogP contribution in [0.15, 0.2) is 36.5 Å². The van der Waals surface area contributed by atoms with Crippen LogP contribution in [0.3, 0.4) is 0 Å². The summed E-state index contributed by atoms with van der Waals surface area (Å²) >= 11 is 0. The first kappa shape index (κ1) is 15.0. The molecule has 0 saturated carbocycles. The van der Waals surface area contributed by atoms with Crippen molar-refractivity contribution < 1.29 is 4.79 Å². The molecule has 0 aliphatic rings. The highest BCUT2D eigenvalue weighted by Gasteiger charge is 2.11. The van der Waals surface area contributed by atoms with E-state index >= 15 is 0 Å². The van der Waals surface area contributed by atoms with E-state index in [1.165, 1.54) is 5.56 Å². The Morgan fingerprint density at radius 1 is 1.24 bits per heavy atom. The van der Waals surface area contributed by atoms with Gasteiger partial charge in [0, 0.05) is 25.0 Å². The van der Waals surface area contributed by atoms with Gasteiger partial charge in [-0.3, -0.25) is 9.78 Å². The minimum Gasteiger partial charge on any atom is -0.385 e. The van der Waals surface area contributed by atoms with Gasteiger partial charge < -0.3 is 10.6 Å². The number of carbonyl (C=O) groups excluding carboxylic acids is 1. The number of benzene rings is 1. The molecule has 1 amide bonds. The van der Waals surface area contributed by atoms with Crippen molar-refractivity contribution in [2.75, 3.05) is 11.9 Å². The Balaban J connectivity index is 2.09. The van der Waals surface area contributed by atoms with E-state index in [1.807, 2.05) is 45.0 Å². The molecule has 1 aromatic heterocycles. The number of aryl methyl sites for hydroxylation is 2. The summed E-state index contributed by atoms with van der Waals surface area (Å²) in [5.74, 6) is -0.111. The number of nitrogens with one attached hydrogen (secondary N) is 2. The summed E-state index contributed by atoms with van der Waals surface area (Å²) in [5, 5.41) is 6.15. The van der Waals surface area contributed by atoms with Crippen molar-refractivity contribution in [2.45, 2.75) is 27.3 Å². The molecular weight excluding hydrogens is 262 g/mol. The monoisotopic (exact) mass is 283 g/mol. The molecule has 0 aliphatic carbocycles. The fraction of sp³-hybridized carbons (Fsp3) is 0.294. The second-order valence-corrected chi connectivity index (χ2v) is 5.07. The lowest BCUT2D eigenvalue weighted by Gasteiger charge is -2.11. The first-order valence-corrected chi connectivity index (χ1v) is 7.14. The van der Waals surface area contributed by atoms with Gasteiger partial charge in [0.2, 0.25) is 0 Å². The largest absolute Gasteiger partial charge is 0.385 e. The maximum absolute atomic E-state index is 12.3. The van der Waals surface area contributed by atoms with Crippen LogP contribution in [-0.2, 0) is 6.54 Å². The minimum absolute atomic E-state index is 0.111. The molecule has 4 nitrogen and oxygen atoms in total. The lowest BCUT2D eigenvalue weighted by atomic mass is 10.1. The predicted molar refractivity (Wildman–Crippen MR) is 85.5 cm³/mol. The van der Waals surface area contributed by atoms with Crippen LogP contribution in [0.2, 0.25) is 0 Å². The zero-order valence-electron chi connectivity index (χ0n) is 12.7. The van der Waals surface area contributed by atoms with Gasteiger partial charge in [0.15, 0.2) is 0 Å². The number of nitrogens with zero attached hydrogens (tertiary/aromatic N) is 1. The van der Waals surface area contributed by atoms with E-state index in [2.05, 4.69) is 21.7 Å². The predicted octanol–water partition coefficient (Wildman–Crippen LogP) is 3.06. The Morgan fingerprint density at radius 3 is 2.76 bits per heavy atom. The van der Waals surface area contributed by atoms with Crippen LogP contribution in [0.25, 0.3) is 0 Å². The van der Waals surface area contributed by atoms with E-state index in [4.69, 9.17) is 0 Å². The maximum Gasteiger partial charge on any atom is 0.255 e. The highest BCUT2D eigenvalue weighted by atomic mass is 16.1. The Morgan fingerprint density at radius 2 is 2.05 bits per heavy atom. The quantitative estimate of drug-likeness (QED) is 0.886. The number of amides is 1. The van der Waals surface area contributed by atoms with Crippen molar-refractivity contribution in [3.05, 3.63) is 58.9 Å². The van der Waals surface area contributed by atoms with E-state index in [-0.39, 0.29) is 5.91 Å². The van der Waals surface area contributed by atoms with E-state index in [0.29, 0.717) is 12.1 Å². The molecule has 0 saturated heterocycles. The summed E-state index contributed by atoms with van der Waals surface area (Å²) in [5.41, 5.74) is 4.57. The fourth-order valence-electron chi connectivity index (χ4n) is 2.18. The smallest absolute Gasteiger partial charge is 0.255 e. The lowest BCUT2D eigenvalue weighted by molar-refractivity contribution is 0.0951. The molecule has 2 rings (SSSR count). The van der Waals surface area contributed by atoms with E-state index in [0.717, 1.165) is 23.5 Å². The molecule has 0 unspecified atom stereocenters. The van der Waals surface area contributed by atoms with Gasteiger partial charge >= 0.3 is 0 Å². The summed E-state index contributed by atoms with van der Waals surface area (Å²) < 4.78 is 0. The number of pyridine rings is 1. The van der Waals surface area contributed by atoms with Gasteiger partial charge in [0.1, 0.15) is 0 Å². The Hall–Kier alpha value is -2.36. The summed E-state index contributed by atoms with van der Waals surface area (Å²) in [6.45, 7) is 7.24. The summed E-state index contributed by atoms with van der Waals surface area (Å²) in [6.07, 6.45) is 1.62. The van der Waals surface area contributed by atoms with E-state index in [9.17, 15) is 4.79 Å². The van der Waals surface area contributed by atoms with Gasteiger partial charge in [-0.2, -0.15) is 0 Å². The SMILES string of the molecule is CCNc1cc(C)ncc1C(=O)NCc1cccc(C)c1. The van der Waals surface area contributed by atoms with Crippen molar-refractivity contribution in [3.8, 4) is 0 Å². The van der Waals surface area contributed by atoms with Crippen LogP contribution in [0, 0.1) is 13.8 Å². The topological polar surface area (TPSA) is 54.0 Å². The van der Waals surface area contributed by atoms with Crippen molar-refractivity contribution in [1.82, 2.24) is 10.3 Å². The van der Waals surface area contributed by atoms with E-state index in [1.54, 1.807) is 6.20 Å². The van der Waals surface area contributed by atoms with Gasteiger partial charge in [-0.05, 0) is 32.4 Å². The van der Waals surface area contributed by atoms with Gasteiger partial charge in [0.25, 0.3) is 5.91 Å². The standard InChI is InChI=1S/C17H21N3O/c1-4-18-16-9-13(3)19-11-15(16)17(21)20-10-14-7-5-6-12(2)8-14/h5-9,11H,4,10H2,1-3H3,(H,18,19)(H,20,21). The molecule has 0 bridgehead atoms. The van der Waals surface area contributed by atoms with Crippen LogP contribution < -0.4 is 10.6 Å². The third kappa shape index (κ3) is 4.05.